The Balaban J connectivity index is 0.820. The molecule has 5 aliphatic carbocycles. The van der Waals surface area contributed by atoms with E-state index in [1.807, 2.05) is 13.8 Å². The van der Waals surface area contributed by atoms with Gasteiger partial charge >= 0.3 is 5.97 Å². The van der Waals surface area contributed by atoms with E-state index >= 15 is 4.79 Å². The summed E-state index contributed by atoms with van der Waals surface area (Å²) in [6.45, 7) is 16.5. The first-order valence-electron chi connectivity index (χ1n) is 30.7. The third kappa shape index (κ3) is 10.9. The highest BCUT2D eigenvalue weighted by Gasteiger charge is 2.73. The van der Waals surface area contributed by atoms with Crippen LogP contribution in [0.2, 0.25) is 0 Å². The summed E-state index contributed by atoms with van der Waals surface area (Å²) in [4.78, 5) is 15.2. The second kappa shape index (κ2) is 24.7. The van der Waals surface area contributed by atoms with Crippen molar-refractivity contribution in [2.24, 2.45) is 56.7 Å². The molecule has 10 rings (SSSR count). The quantitative estimate of drug-likeness (QED) is 0.0478. The summed E-state index contributed by atoms with van der Waals surface area (Å²) >= 11 is 0. The highest BCUT2D eigenvalue weighted by atomic mass is 16.8. The predicted molar refractivity (Wildman–Crippen MR) is 288 cm³/mol. The molecule has 5 heterocycles. The summed E-state index contributed by atoms with van der Waals surface area (Å²) in [5.74, 6) is -0.760. The number of hydrogen-bond acceptors (Lipinski definition) is 26. The lowest BCUT2D eigenvalue weighted by Gasteiger charge is -2.73. The van der Waals surface area contributed by atoms with Crippen LogP contribution in [0.3, 0.4) is 0 Å². The Morgan fingerprint density at radius 1 is 0.541 bits per heavy atom. The minimum Gasteiger partial charge on any atom is -0.432 e. The van der Waals surface area contributed by atoms with Crippen molar-refractivity contribution in [1.82, 2.24) is 0 Å². The van der Waals surface area contributed by atoms with Gasteiger partial charge in [0.1, 0.15) is 104 Å². The van der Waals surface area contributed by atoms with Crippen molar-refractivity contribution in [1.29, 1.82) is 0 Å². The molecule has 0 amide bonds. The van der Waals surface area contributed by atoms with Crippen LogP contribution in [0, 0.1) is 56.7 Å². The second-order valence-corrected chi connectivity index (χ2v) is 28.0. The van der Waals surface area contributed by atoms with Crippen LogP contribution in [0.1, 0.15) is 113 Å². The van der Waals surface area contributed by atoms with E-state index in [0.29, 0.717) is 38.5 Å². The second-order valence-electron chi connectivity index (χ2n) is 28.0. The highest BCUT2D eigenvalue weighted by Crippen LogP contribution is 2.78. The number of rotatable bonds is 14. The number of fused-ring (bicyclic) bond motifs is 7. The van der Waals surface area contributed by atoms with Gasteiger partial charge in [0.25, 0.3) is 0 Å². The predicted octanol–water partition coefficient (Wildman–Crippen LogP) is -2.69. The van der Waals surface area contributed by atoms with Crippen molar-refractivity contribution in [2.45, 2.75) is 266 Å². The Morgan fingerprint density at radius 2 is 1.13 bits per heavy atom. The first-order chi connectivity index (χ1) is 39.9. The summed E-state index contributed by atoms with van der Waals surface area (Å²) in [6.07, 6.45) is -31.6. The molecule has 0 spiro atoms. The van der Waals surface area contributed by atoms with Crippen LogP contribution >= 0.6 is 0 Å². The van der Waals surface area contributed by atoms with E-state index in [0.717, 1.165) is 31.3 Å². The number of aliphatic hydroxyl groups is 15. The summed E-state index contributed by atoms with van der Waals surface area (Å²) < 4.78 is 59.5. The molecule has 5 aliphatic heterocycles. The lowest BCUT2D eigenvalue weighted by molar-refractivity contribution is -0.366. The number of hydrogen-bond donors (Lipinski definition) is 15. The maximum atomic E-state index is 15.2. The molecule has 10 fully saturated rings. The molecule has 0 aromatic rings. The van der Waals surface area contributed by atoms with Crippen molar-refractivity contribution in [3.05, 3.63) is 12.2 Å². The highest BCUT2D eigenvalue weighted by molar-refractivity contribution is 5.78. The Labute approximate surface area is 494 Å². The molecular weight excluding hydrogens is 1120 g/mol. The van der Waals surface area contributed by atoms with E-state index in [1.165, 1.54) is 13.8 Å². The van der Waals surface area contributed by atoms with Crippen LogP contribution < -0.4 is 0 Å². The third-order valence-corrected chi connectivity index (χ3v) is 23.6. The molecule has 35 atom stereocenters. The number of esters is 1. The molecule has 10 aliphatic rings. The molecule has 0 aromatic heterocycles. The molecule has 26 nitrogen and oxygen atoms in total. The van der Waals surface area contributed by atoms with Crippen molar-refractivity contribution in [2.75, 3.05) is 26.4 Å². The zero-order valence-electron chi connectivity index (χ0n) is 49.6. The SMILES string of the molecule is C=C(C)[C@@H]1CC[C@]2(C(=O)O[C@@H]3O[C@H](CO[C@@H]4O[C@H](CO)[C@@H](O[C@@H]5O[C@@H](C)[C@H](O)[C@@H](O)[C@H]5O)[C@H](O)[C@H]4O)[C@@H](O)[C@H](O)[C@H]3O)CC[C@]3(C)[C@H](CC[C@@H]4[C@@]5(C)CC[C@H](O[C@H]6OC[C@H](O)[C@H](O)[C@H]6O[C@@H]6O[C@@H](C)[C@H](O)[C@@H](O)[C@H]6O)[C@@](C)(CO)[C@@H]5CC[C@]43C)[C@@H]12. The van der Waals surface area contributed by atoms with E-state index in [2.05, 4.69) is 27.4 Å². The minimum absolute atomic E-state index is 0.0172. The van der Waals surface area contributed by atoms with Crippen molar-refractivity contribution >= 4 is 5.97 Å². The van der Waals surface area contributed by atoms with E-state index < -0.39 is 184 Å². The van der Waals surface area contributed by atoms with Gasteiger partial charge in [-0.2, -0.15) is 0 Å². The van der Waals surface area contributed by atoms with Crippen LogP contribution in [0.5, 0.6) is 0 Å². The largest absolute Gasteiger partial charge is 0.432 e. The Hall–Kier alpha value is -1.75. The van der Waals surface area contributed by atoms with Crippen LogP contribution in [-0.4, -0.2) is 263 Å². The fourth-order valence-corrected chi connectivity index (χ4v) is 18.4. The van der Waals surface area contributed by atoms with Crippen molar-refractivity contribution in [3.8, 4) is 0 Å². The third-order valence-electron chi connectivity index (χ3n) is 23.6. The zero-order chi connectivity index (χ0) is 61.9. The topological polar surface area (TPSA) is 413 Å². The molecule has 0 unspecified atom stereocenters. The van der Waals surface area contributed by atoms with Gasteiger partial charge in [0.15, 0.2) is 25.2 Å². The zero-order valence-corrected chi connectivity index (χ0v) is 49.6. The average Bonchev–Trinajstić information content (AvgIpc) is 1.62. The molecule has 0 radical (unpaired) electrons. The fraction of sp³-hybridized carbons (Fsp3) is 0.949. The van der Waals surface area contributed by atoms with Crippen LogP contribution in [0.4, 0.5) is 0 Å². The number of carbonyl (C=O) groups is 1. The van der Waals surface area contributed by atoms with Gasteiger partial charge in [-0.25, -0.2) is 0 Å². The van der Waals surface area contributed by atoms with Gasteiger partial charge in [0.05, 0.1) is 50.2 Å². The van der Waals surface area contributed by atoms with Crippen molar-refractivity contribution in [3.63, 3.8) is 0 Å². The van der Waals surface area contributed by atoms with E-state index in [4.69, 9.17) is 47.4 Å². The van der Waals surface area contributed by atoms with Crippen LogP contribution in [-0.2, 0) is 52.2 Å². The summed E-state index contributed by atoms with van der Waals surface area (Å²) in [6, 6.07) is 0. The normalized spacial score (nSPS) is 56.3. The molecular formula is C59H96O26. The molecule has 488 valence electrons. The Bertz CT molecular complexity index is 2340. The first kappa shape index (κ1) is 66.2. The molecule has 15 N–H and O–H groups in total. The van der Waals surface area contributed by atoms with Gasteiger partial charge in [0, 0.05) is 5.41 Å². The van der Waals surface area contributed by atoms with E-state index in [9.17, 15) is 76.6 Å². The molecule has 85 heavy (non-hydrogen) atoms. The monoisotopic (exact) mass is 1220 g/mol. The van der Waals surface area contributed by atoms with E-state index in [1.54, 1.807) is 0 Å². The lowest BCUT2D eigenvalue weighted by Crippen LogP contribution is -2.68. The summed E-state index contributed by atoms with van der Waals surface area (Å²) in [7, 11) is 0. The van der Waals surface area contributed by atoms with Crippen LogP contribution in [0.25, 0.3) is 0 Å². The van der Waals surface area contributed by atoms with Gasteiger partial charge in [-0.3, -0.25) is 4.79 Å². The van der Waals surface area contributed by atoms with Gasteiger partial charge < -0.3 is 124 Å². The Kier molecular flexibility index (Phi) is 19.2. The average molecular weight is 1220 g/mol. The molecule has 0 bridgehead atoms. The Morgan fingerprint density at radius 3 is 1.74 bits per heavy atom. The maximum Gasteiger partial charge on any atom is 0.314 e. The number of carbonyl (C=O) groups excluding carboxylic acids is 1. The lowest BCUT2D eigenvalue weighted by atomic mass is 9.32. The number of allylic oxidation sites excluding steroid dienone is 1. The standard InChI is InChI=1S/C59H96O26/c1-23(2)26-11-16-59(54(75)85-52-45(73)41(69)38(66)30(81-52)21-77-49-46(74)42(70)47(29(19-60)80-49)83-50-43(71)39(67)35(63)24(3)78-50)18-17-57(7)27(34(26)59)9-10-32-55(5)14-13-33(56(6,22-61)31(55)12-15-58(32,57)8)82-53-48(37(65)28(62)20-76-53)84-51-44(72)40(68)36(64)25(4)79-51/h24-53,60-74H,1,9-22H2,2-8H3/t24-,25-,26-,27+,28-,29+,30+,31+,32+,33-,34+,35-,36-,37-,38+,39+,40+,41-,42+,43+,44+,45+,46+,47+,48+,49+,50-,51-,52-,53+,55-,56-,57+,58+,59-/m0/s1. The van der Waals surface area contributed by atoms with Gasteiger partial charge in [-0.1, -0.05) is 39.8 Å². The number of aliphatic hydroxyl groups excluding tert-OH is 15. The maximum absolute atomic E-state index is 15.2. The summed E-state index contributed by atoms with van der Waals surface area (Å²) in [5, 5.41) is 163. The molecule has 0 aromatic carbocycles. The number of ether oxygens (including phenoxy) is 10. The van der Waals surface area contributed by atoms with Gasteiger partial charge in [-0.05, 0) is 131 Å². The van der Waals surface area contributed by atoms with Gasteiger partial charge in [0.2, 0.25) is 6.29 Å². The fourth-order valence-electron chi connectivity index (χ4n) is 18.4. The van der Waals surface area contributed by atoms with Gasteiger partial charge in [-0.15, -0.1) is 0 Å². The van der Waals surface area contributed by atoms with Crippen molar-refractivity contribution < 1.29 is 129 Å². The molecule has 5 saturated heterocycles. The summed E-state index contributed by atoms with van der Waals surface area (Å²) in [5.41, 5.74) is -1.80. The minimum atomic E-state index is -1.90. The first-order valence-corrected chi connectivity index (χ1v) is 30.7. The molecule has 5 saturated carbocycles. The van der Waals surface area contributed by atoms with Crippen LogP contribution in [0.15, 0.2) is 12.2 Å². The molecule has 26 heteroatoms. The van der Waals surface area contributed by atoms with E-state index in [-0.39, 0.29) is 59.0 Å². The smallest absolute Gasteiger partial charge is 0.314 e.